The normalized spacial score (nSPS) is 14.9. The fourth-order valence-corrected chi connectivity index (χ4v) is 6.65. The number of methoxy groups -OCH3 is 1. The first-order valence-electron chi connectivity index (χ1n) is 14.0. The molecule has 0 bridgehead atoms. The summed E-state index contributed by atoms with van der Waals surface area (Å²) in [7, 11) is -2.68. The number of likely N-dealkylation sites (tertiary alicyclic amines) is 1. The molecule has 4 aromatic rings. The second-order valence-electron chi connectivity index (χ2n) is 11.1. The van der Waals surface area contributed by atoms with Gasteiger partial charge >= 0.3 is 0 Å². The van der Waals surface area contributed by atoms with Gasteiger partial charge in [0.25, 0.3) is 10.0 Å². The molecule has 1 fully saturated rings. The molecule has 1 amide bonds. The topological polar surface area (TPSA) is 128 Å². The van der Waals surface area contributed by atoms with Crippen LogP contribution in [0.15, 0.2) is 68.8 Å². The van der Waals surface area contributed by atoms with Gasteiger partial charge in [0.15, 0.2) is 5.82 Å². The van der Waals surface area contributed by atoms with Crippen LogP contribution in [0.5, 0.6) is 0 Å². The molecular formula is C31H36N4O7S. The van der Waals surface area contributed by atoms with Crippen molar-refractivity contribution in [3.63, 3.8) is 0 Å². The SMILES string of the molecule is COCCOCN(c1noc(C)c1C)S(=O)(=O)c1ccccc1-c1ccc(-c2ncco2)cc1CN1CCC(C)(C)C1=O. The second-order valence-corrected chi connectivity index (χ2v) is 13.0. The van der Waals surface area contributed by atoms with Gasteiger partial charge in [-0.15, -0.1) is 0 Å². The van der Waals surface area contributed by atoms with Gasteiger partial charge in [-0.05, 0) is 49.6 Å². The van der Waals surface area contributed by atoms with Crippen LogP contribution in [-0.4, -0.2) is 63.0 Å². The van der Waals surface area contributed by atoms with Crippen LogP contribution in [-0.2, 0) is 30.8 Å². The monoisotopic (exact) mass is 608 g/mol. The summed E-state index contributed by atoms with van der Waals surface area (Å²) in [6, 6.07) is 12.4. The first-order valence-corrected chi connectivity index (χ1v) is 15.4. The number of amides is 1. The van der Waals surface area contributed by atoms with Crippen molar-refractivity contribution in [2.24, 2.45) is 5.41 Å². The van der Waals surface area contributed by atoms with E-state index in [4.69, 9.17) is 18.4 Å². The Bertz CT molecular complexity index is 1700. The number of carbonyl (C=O) groups excluding carboxylic acids is 1. The molecule has 228 valence electrons. The predicted molar refractivity (Wildman–Crippen MR) is 160 cm³/mol. The summed E-state index contributed by atoms with van der Waals surface area (Å²) in [5, 5.41) is 4.06. The van der Waals surface area contributed by atoms with Crippen LogP contribution < -0.4 is 4.31 Å². The summed E-state index contributed by atoms with van der Waals surface area (Å²) in [6.07, 6.45) is 3.79. The van der Waals surface area contributed by atoms with E-state index < -0.39 is 15.4 Å². The Balaban J connectivity index is 1.61. The van der Waals surface area contributed by atoms with Gasteiger partial charge in [0.2, 0.25) is 11.8 Å². The Hall–Kier alpha value is -4.00. The van der Waals surface area contributed by atoms with E-state index in [1.165, 1.54) is 6.26 Å². The average molecular weight is 609 g/mol. The van der Waals surface area contributed by atoms with Crippen molar-refractivity contribution in [1.29, 1.82) is 0 Å². The molecule has 12 heteroatoms. The minimum atomic E-state index is -4.22. The van der Waals surface area contributed by atoms with Crippen molar-refractivity contribution >= 4 is 21.7 Å². The Morgan fingerprint density at radius 2 is 1.88 bits per heavy atom. The fraction of sp³-hybridized carbons (Fsp3) is 0.387. The number of aromatic nitrogens is 2. The Morgan fingerprint density at radius 3 is 2.53 bits per heavy atom. The van der Waals surface area contributed by atoms with Gasteiger partial charge in [0.05, 0.1) is 24.3 Å². The van der Waals surface area contributed by atoms with Gasteiger partial charge in [0, 0.05) is 42.3 Å². The molecule has 0 atom stereocenters. The first kappa shape index (κ1) is 30.5. The lowest BCUT2D eigenvalue weighted by Gasteiger charge is -2.25. The van der Waals surface area contributed by atoms with Gasteiger partial charge in [-0.3, -0.25) is 4.79 Å². The smallest absolute Gasteiger partial charge is 0.268 e. The standard InChI is InChI=1S/C31H36N4O7S/c1-21-22(2)42-33-28(21)35(20-40-17-16-39-5)43(37,38)27-9-7-6-8-26(27)25-11-10-23(29-32-13-15-41-29)18-24(25)19-34-14-12-31(3,4)30(34)36/h6-11,13,15,18H,12,14,16-17,19-20H2,1-5H3. The van der Waals surface area contributed by atoms with E-state index in [9.17, 15) is 13.2 Å². The number of benzene rings is 2. The van der Waals surface area contributed by atoms with Gasteiger partial charge in [-0.1, -0.05) is 43.3 Å². The summed E-state index contributed by atoms with van der Waals surface area (Å²) >= 11 is 0. The van der Waals surface area contributed by atoms with Crippen molar-refractivity contribution < 1.29 is 31.6 Å². The number of hydrogen-bond donors (Lipinski definition) is 0. The maximum Gasteiger partial charge on any atom is 0.268 e. The maximum atomic E-state index is 14.4. The number of carbonyl (C=O) groups is 1. The number of anilines is 1. The first-order chi connectivity index (χ1) is 20.5. The van der Waals surface area contributed by atoms with E-state index in [1.54, 1.807) is 51.4 Å². The number of aryl methyl sites for hydroxylation is 1. The molecular weight excluding hydrogens is 572 g/mol. The van der Waals surface area contributed by atoms with Crippen molar-refractivity contribution in [3.05, 3.63) is 71.8 Å². The molecule has 1 aliphatic heterocycles. The Kier molecular flexibility index (Phi) is 8.72. The van der Waals surface area contributed by atoms with Crippen molar-refractivity contribution in [3.8, 4) is 22.6 Å². The third-order valence-corrected chi connectivity index (χ3v) is 9.54. The highest BCUT2D eigenvalue weighted by Gasteiger charge is 2.39. The van der Waals surface area contributed by atoms with E-state index in [0.717, 1.165) is 21.9 Å². The minimum Gasteiger partial charge on any atom is -0.445 e. The van der Waals surface area contributed by atoms with Gasteiger partial charge in [-0.2, -0.15) is 0 Å². The number of hydrogen-bond acceptors (Lipinski definition) is 9. The lowest BCUT2D eigenvalue weighted by molar-refractivity contribution is -0.135. The van der Waals surface area contributed by atoms with Crippen LogP contribution in [0.3, 0.4) is 0 Å². The van der Waals surface area contributed by atoms with Crippen molar-refractivity contribution in [1.82, 2.24) is 15.0 Å². The quantitative estimate of drug-likeness (QED) is 0.158. The van der Waals surface area contributed by atoms with Crippen molar-refractivity contribution in [2.45, 2.75) is 45.6 Å². The van der Waals surface area contributed by atoms with E-state index in [2.05, 4.69) is 10.1 Å². The third-order valence-electron chi connectivity index (χ3n) is 7.77. The Labute approximate surface area is 251 Å². The van der Waals surface area contributed by atoms with E-state index in [0.29, 0.717) is 48.0 Å². The Morgan fingerprint density at radius 1 is 1.09 bits per heavy atom. The predicted octanol–water partition coefficient (Wildman–Crippen LogP) is 5.19. The molecule has 0 radical (unpaired) electrons. The number of rotatable bonds is 12. The largest absolute Gasteiger partial charge is 0.445 e. The average Bonchev–Trinajstić information content (AvgIpc) is 3.71. The van der Waals surface area contributed by atoms with Crippen LogP contribution in [0.2, 0.25) is 0 Å². The van der Waals surface area contributed by atoms with Gasteiger partial charge < -0.3 is 23.3 Å². The molecule has 11 nitrogen and oxygen atoms in total. The molecule has 2 aromatic carbocycles. The molecule has 0 N–H and O–H groups in total. The number of sulfonamides is 1. The second kappa shape index (κ2) is 12.3. The summed E-state index contributed by atoms with van der Waals surface area (Å²) in [5.41, 5.74) is 2.75. The molecule has 2 aromatic heterocycles. The molecule has 1 aliphatic rings. The summed E-state index contributed by atoms with van der Waals surface area (Å²) < 4.78 is 51.6. The molecule has 0 unspecified atom stereocenters. The lowest BCUT2D eigenvalue weighted by Crippen LogP contribution is -2.35. The maximum absolute atomic E-state index is 14.4. The van der Waals surface area contributed by atoms with Gasteiger partial charge in [0.1, 0.15) is 18.8 Å². The highest BCUT2D eigenvalue weighted by atomic mass is 32.2. The van der Waals surface area contributed by atoms with E-state index >= 15 is 0 Å². The van der Waals surface area contributed by atoms with Crippen LogP contribution in [0.1, 0.15) is 37.2 Å². The molecule has 3 heterocycles. The number of oxazole rings is 1. The highest BCUT2D eigenvalue weighted by Crippen LogP contribution is 2.38. The van der Waals surface area contributed by atoms with E-state index in [1.807, 2.05) is 36.9 Å². The van der Waals surface area contributed by atoms with Crippen LogP contribution in [0.4, 0.5) is 5.82 Å². The van der Waals surface area contributed by atoms with Crippen LogP contribution in [0.25, 0.3) is 22.6 Å². The molecule has 0 spiro atoms. The molecule has 43 heavy (non-hydrogen) atoms. The number of nitrogens with zero attached hydrogens (tertiary/aromatic N) is 4. The lowest BCUT2D eigenvalue weighted by atomic mass is 9.92. The fourth-order valence-electron chi connectivity index (χ4n) is 5.10. The zero-order valence-electron chi connectivity index (χ0n) is 25.0. The van der Waals surface area contributed by atoms with E-state index in [-0.39, 0.29) is 30.0 Å². The summed E-state index contributed by atoms with van der Waals surface area (Å²) in [6.45, 7) is 8.45. The minimum absolute atomic E-state index is 0.0529. The summed E-state index contributed by atoms with van der Waals surface area (Å²) in [5.74, 6) is 1.13. The van der Waals surface area contributed by atoms with Crippen molar-refractivity contribution in [2.75, 3.05) is 37.9 Å². The van der Waals surface area contributed by atoms with Crippen LogP contribution >= 0.6 is 0 Å². The third kappa shape index (κ3) is 6.08. The molecule has 1 saturated heterocycles. The number of ether oxygens (including phenoxy) is 2. The molecule has 0 saturated carbocycles. The zero-order valence-corrected chi connectivity index (χ0v) is 25.8. The zero-order chi connectivity index (χ0) is 30.8. The van der Waals surface area contributed by atoms with Crippen LogP contribution in [0, 0.1) is 19.3 Å². The highest BCUT2D eigenvalue weighted by molar-refractivity contribution is 7.93. The molecule has 0 aliphatic carbocycles. The molecule has 5 rings (SSSR count). The summed E-state index contributed by atoms with van der Waals surface area (Å²) in [4.78, 5) is 19.3. The van der Waals surface area contributed by atoms with Gasteiger partial charge in [-0.25, -0.2) is 17.7 Å².